The third kappa shape index (κ3) is 5.61. The molecule has 1 saturated heterocycles. The van der Waals surface area contributed by atoms with E-state index in [0.717, 1.165) is 5.56 Å². The Labute approximate surface area is 198 Å². The van der Waals surface area contributed by atoms with E-state index in [4.69, 9.17) is 10.00 Å². The number of rotatable bonds is 7. The predicted octanol–water partition coefficient (Wildman–Crippen LogP) is 3.64. The third-order valence-corrected chi connectivity index (χ3v) is 8.42. The van der Waals surface area contributed by atoms with Gasteiger partial charge in [0.25, 0.3) is 0 Å². The lowest BCUT2D eigenvalue weighted by Crippen LogP contribution is -2.41. The molecule has 0 atom stereocenters. The third-order valence-electron chi connectivity index (χ3n) is 5.57. The molecule has 0 aliphatic carbocycles. The van der Waals surface area contributed by atoms with Gasteiger partial charge in [-0.2, -0.15) is 9.57 Å². The lowest BCUT2D eigenvalue weighted by atomic mass is 9.97. The lowest BCUT2D eigenvalue weighted by molar-refractivity contribution is -0.120. The Morgan fingerprint density at radius 3 is 2.42 bits per heavy atom. The average Bonchev–Trinajstić information content (AvgIpc) is 3.19. The van der Waals surface area contributed by atoms with E-state index in [1.807, 2.05) is 11.4 Å². The number of carbonyl (C=O) groups is 2. The van der Waals surface area contributed by atoms with Gasteiger partial charge >= 0.3 is 5.97 Å². The number of ether oxygens (including phenoxy) is 1. The maximum atomic E-state index is 12.9. The van der Waals surface area contributed by atoms with Crippen molar-refractivity contribution in [1.29, 1.82) is 5.26 Å². The molecule has 0 radical (unpaired) electrons. The van der Waals surface area contributed by atoms with Gasteiger partial charge in [-0.3, -0.25) is 4.79 Å². The summed E-state index contributed by atoms with van der Waals surface area (Å²) >= 11 is 1.30. The molecule has 1 fully saturated rings. The Kier molecular flexibility index (Phi) is 7.89. The Hall–Kier alpha value is -2.74. The van der Waals surface area contributed by atoms with Gasteiger partial charge in [0.15, 0.2) is 0 Å². The quantitative estimate of drug-likeness (QED) is 0.594. The van der Waals surface area contributed by atoms with Crippen LogP contribution in [-0.2, 0) is 26.0 Å². The van der Waals surface area contributed by atoms with Gasteiger partial charge in [-0.15, -0.1) is 11.3 Å². The van der Waals surface area contributed by atoms with Gasteiger partial charge in [0.2, 0.25) is 15.9 Å². The molecule has 0 bridgehead atoms. The van der Waals surface area contributed by atoms with Crippen LogP contribution in [0.4, 0.5) is 5.00 Å². The van der Waals surface area contributed by atoms with E-state index in [0.29, 0.717) is 41.3 Å². The minimum Gasteiger partial charge on any atom is -0.465 e. The molecule has 1 aliphatic rings. The van der Waals surface area contributed by atoms with Gasteiger partial charge in [0.05, 0.1) is 29.2 Å². The van der Waals surface area contributed by atoms with Crippen LogP contribution >= 0.6 is 11.3 Å². The molecule has 8 nitrogen and oxygen atoms in total. The Bertz CT molecular complexity index is 1160. The van der Waals surface area contributed by atoms with E-state index < -0.39 is 16.0 Å². The van der Waals surface area contributed by atoms with Crippen LogP contribution in [-0.4, -0.2) is 44.8 Å². The highest BCUT2D eigenvalue weighted by atomic mass is 32.2. The molecule has 176 valence electrons. The fourth-order valence-electron chi connectivity index (χ4n) is 3.82. The largest absolute Gasteiger partial charge is 0.465 e. The van der Waals surface area contributed by atoms with Crippen molar-refractivity contribution in [3.05, 3.63) is 46.3 Å². The number of hydrogen-bond acceptors (Lipinski definition) is 7. The zero-order valence-corrected chi connectivity index (χ0v) is 20.5. The van der Waals surface area contributed by atoms with Crippen molar-refractivity contribution in [2.75, 3.05) is 25.5 Å². The van der Waals surface area contributed by atoms with Crippen molar-refractivity contribution in [2.24, 2.45) is 11.8 Å². The van der Waals surface area contributed by atoms with Crippen molar-refractivity contribution >= 4 is 38.2 Å². The van der Waals surface area contributed by atoms with Gasteiger partial charge in [-0.1, -0.05) is 13.8 Å². The molecule has 0 unspecified atom stereocenters. The zero-order chi connectivity index (χ0) is 24.2. The predicted molar refractivity (Wildman–Crippen MR) is 125 cm³/mol. The minimum absolute atomic E-state index is 0.128. The first-order chi connectivity index (χ1) is 15.7. The van der Waals surface area contributed by atoms with Gasteiger partial charge < -0.3 is 10.1 Å². The summed E-state index contributed by atoms with van der Waals surface area (Å²) < 4.78 is 32.1. The Balaban J connectivity index is 1.67. The summed E-state index contributed by atoms with van der Waals surface area (Å²) in [5, 5.41) is 14.1. The van der Waals surface area contributed by atoms with E-state index in [1.54, 1.807) is 0 Å². The molecule has 0 spiro atoms. The van der Waals surface area contributed by atoms with Crippen molar-refractivity contribution in [2.45, 2.75) is 38.0 Å². The van der Waals surface area contributed by atoms with Crippen LogP contribution in [0.25, 0.3) is 0 Å². The van der Waals surface area contributed by atoms with E-state index in [1.165, 1.54) is 47.0 Å². The highest BCUT2D eigenvalue weighted by Crippen LogP contribution is 2.32. The number of benzene rings is 1. The number of nitrogens with zero attached hydrogens (tertiary/aromatic N) is 2. The second-order valence-corrected chi connectivity index (χ2v) is 11.2. The van der Waals surface area contributed by atoms with Crippen LogP contribution < -0.4 is 5.32 Å². The van der Waals surface area contributed by atoms with Crippen molar-refractivity contribution in [3.8, 4) is 6.07 Å². The van der Waals surface area contributed by atoms with E-state index >= 15 is 0 Å². The number of methoxy groups -OCH3 is 1. The summed E-state index contributed by atoms with van der Waals surface area (Å²) in [4.78, 5) is 25.4. The number of thiophene rings is 1. The van der Waals surface area contributed by atoms with E-state index in [9.17, 15) is 18.0 Å². The average molecular weight is 490 g/mol. The monoisotopic (exact) mass is 489 g/mol. The van der Waals surface area contributed by atoms with E-state index in [-0.39, 0.29) is 29.8 Å². The molecular weight excluding hydrogens is 462 g/mol. The summed E-state index contributed by atoms with van der Waals surface area (Å²) in [7, 11) is -2.38. The summed E-state index contributed by atoms with van der Waals surface area (Å²) in [6.07, 6.45) is 1.45. The van der Waals surface area contributed by atoms with Crippen LogP contribution in [0.5, 0.6) is 0 Å². The molecule has 10 heteroatoms. The van der Waals surface area contributed by atoms with Crippen LogP contribution in [0.2, 0.25) is 0 Å². The first-order valence-corrected chi connectivity index (χ1v) is 13.0. The number of nitriles is 1. The highest BCUT2D eigenvalue weighted by Gasteiger charge is 2.33. The van der Waals surface area contributed by atoms with Crippen LogP contribution in [0.3, 0.4) is 0 Å². The summed E-state index contributed by atoms with van der Waals surface area (Å²) in [5.74, 6) is -0.730. The number of anilines is 1. The smallest absolute Gasteiger partial charge is 0.341 e. The maximum Gasteiger partial charge on any atom is 0.341 e. The molecule has 1 aliphatic heterocycles. The van der Waals surface area contributed by atoms with Gasteiger partial charge in [-0.05, 0) is 60.4 Å². The van der Waals surface area contributed by atoms with Gasteiger partial charge in [0, 0.05) is 19.0 Å². The fourth-order valence-corrected chi connectivity index (χ4v) is 6.26. The Morgan fingerprint density at radius 1 is 1.24 bits per heavy atom. The summed E-state index contributed by atoms with van der Waals surface area (Å²) in [6, 6.07) is 7.76. The molecule has 33 heavy (non-hydrogen) atoms. The first kappa shape index (κ1) is 24.9. The zero-order valence-electron chi connectivity index (χ0n) is 18.8. The lowest BCUT2D eigenvalue weighted by Gasteiger charge is -2.30. The number of esters is 1. The van der Waals surface area contributed by atoms with Gasteiger partial charge in [-0.25, -0.2) is 13.2 Å². The maximum absolute atomic E-state index is 12.9. The summed E-state index contributed by atoms with van der Waals surface area (Å²) in [6.45, 7) is 4.54. The second-order valence-electron chi connectivity index (χ2n) is 8.36. The number of sulfonamides is 1. The molecule has 2 heterocycles. The molecule has 1 N–H and O–H groups in total. The van der Waals surface area contributed by atoms with Gasteiger partial charge in [0.1, 0.15) is 5.00 Å². The second kappa shape index (κ2) is 10.5. The topological polar surface area (TPSA) is 117 Å². The SMILES string of the molecule is COC(=O)c1c(CC(C)C)csc1NC(=O)C1CCN(S(=O)(=O)c2ccc(C#N)cc2)CC1. The van der Waals surface area contributed by atoms with Crippen LogP contribution in [0.15, 0.2) is 34.5 Å². The first-order valence-electron chi connectivity index (χ1n) is 10.7. The molecular formula is C23H27N3O5S2. The number of amides is 1. The van der Waals surface area contributed by atoms with E-state index in [2.05, 4.69) is 19.2 Å². The number of hydrogen-bond donors (Lipinski definition) is 1. The minimum atomic E-state index is -3.69. The highest BCUT2D eigenvalue weighted by molar-refractivity contribution is 7.89. The standard InChI is InChI=1S/C23H27N3O5S2/c1-15(2)12-18-14-32-22(20(18)23(28)31-3)25-21(27)17-8-10-26(11-9-17)33(29,30)19-6-4-16(13-24)5-7-19/h4-7,14-15,17H,8-12H2,1-3H3,(H,25,27). The molecule has 1 aromatic carbocycles. The molecule has 3 rings (SSSR count). The fraction of sp³-hybridized carbons (Fsp3) is 0.435. The number of carbonyl (C=O) groups excluding carboxylic acids is 2. The summed E-state index contributed by atoms with van der Waals surface area (Å²) in [5.41, 5.74) is 1.63. The normalized spacial score (nSPS) is 15.2. The van der Waals surface area contributed by atoms with Crippen LogP contribution in [0, 0.1) is 23.2 Å². The van der Waals surface area contributed by atoms with Crippen molar-refractivity contribution in [1.82, 2.24) is 4.31 Å². The van der Waals surface area contributed by atoms with Crippen molar-refractivity contribution < 1.29 is 22.7 Å². The number of nitrogens with one attached hydrogen (secondary N) is 1. The molecule has 1 aromatic heterocycles. The van der Waals surface area contributed by atoms with Crippen LogP contribution in [0.1, 0.15) is 48.2 Å². The number of piperidine rings is 1. The van der Waals surface area contributed by atoms with Crippen molar-refractivity contribution in [3.63, 3.8) is 0 Å². The molecule has 2 aromatic rings. The molecule has 0 saturated carbocycles. The molecule has 1 amide bonds. The Morgan fingerprint density at radius 2 is 1.88 bits per heavy atom.